The van der Waals surface area contributed by atoms with Gasteiger partial charge >= 0.3 is 21.3 Å². The first-order valence-corrected chi connectivity index (χ1v) is 13.1. The molecular weight excluding hydrogens is 657 g/mol. The average Bonchev–Trinajstić information content (AvgIpc) is 3.12. The number of aryl methyl sites for hydroxylation is 1. The molecule has 1 aliphatic rings. The lowest BCUT2D eigenvalue weighted by Crippen LogP contribution is -2.44. The molecule has 1 aliphatic heterocycles. The lowest BCUT2D eigenvalue weighted by molar-refractivity contribution is -0.139. The normalized spacial score (nSPS) is 17.7. The second-order valence-electron chi connectivity index (χ2n) is 8.67. The molecular formula is C21H18F4IN3O8S. The number of rotatable bonds is 5. The zero-order chi connectivity index (χ0) is 28.4. The topological polar surface area (TPSA) is 128 Å². The van der Waals surface area contributed by atoms with E-state index >= 15 is 4.39 Å². The van der Waals surface area contributed by atoms with Crippen LogP contribution in [0.1, 0.15) is 13.8 Å². The summed E-state index contributed by atoms with van der Waals surface area (Å²) in [7, 11) is -5.28. The van der Waals surface area contributed by atoms with Crippen molar-refractivity contribution in [1.82, 2.24) is 13.7 Å². The van der Waals surface area contributed by atoms with Crippen LogP contribution in [0, 0.1) is 9.39 Å². The van der Waals surface area contributed by atoms with E-state index in [0.717, 1.165) is 19.2 Å². The number of ether oxygens (including phenoxy) is 2. The van der Waals surface area contributed by atoms with Crippen molar-refractivity contribution in [2.75, 3.05) is 6.61 Å². The summed E-state index contributed by atoms with van der Waals surface area (Å²) in [5, 5.41) is -0.893. The van der Waals surface area contributed by atoms with Crippen molar-refractivity contribution in [3.63, 3.8) is 0 Å². The number of halogens is 5. The lowest BCUT2D eigenvalue weighted by atomic mass is 10.2. The molecule has 2 aromatic heterocycles. The van der Waals surface area contributed by atoms with Crippen LogP contribution in [-0.2, 0) is 33.2 Å². The molecule has 0 spiro atoms. The fourth-order valence-electron chi connectivity index (χ4n) is 3.89. The van der Waals surface area contributed by atoms with E-state index in [9.17, 15) is 36.0 Å². The Labute approximate surface area is 224 Å². The summed E-state index contributed by atoms with van der Waals surface area (Å²) in [6, 6.07) is 3.94. The number of aromatic nitrogens is 3. The second-order valence-corrected chi connectivity index (χ2v) is 11.5. The fourth-order valence-corrected chi connectivity index (χ4v) is 4.80. The monoisotopic (exact) mass is 675 g/mol. The number of alkyl halides is 3. The Morgan fingerprint density at radius 2 is 1.84 bits per heavy atom. The molecule has 0 radical (unpaired) electrons. The Balaban J connectivity index is 2.13. The number of pyridine rings is 1. The van der Waals surface area contributed by atoms with Crippen LogP contribution in [0.4, 0.5) is 17.6 Å². The van der Waals surface area contributed by atoms with Crippen LogP contribution in [-0.4, -0.2) is 46.1 Å². The summed E-state index contributed by atoms with van der Waals surface area (Å²) >= 11 is 1.79. The lowest BCUT2D eigenvalue weighted by Gasteiger charge is -2.20. The number of hydrogen-bond acceptors (Lipinski definition) is 8. The smallest absolute Gasteiger partial charge is 0.375 e. The number of hydrogen-bond donors (Lipinski definition) is 0. The van der Waals surface area contributed by atoms with E-state index in [1.807, 2.05) is 0 Å². The van der Waals surface area contributed by atoms with Gasteiger partial charge in [0.1, 0.15) is 23.0 Å². The minimum absolute atomic E-state index is 0.0755. The first kappa shape index (κ1) is 28.2. The van der Waals surface area contributed by atoms with Crippen molar-refractivity contribution in [2.45, 2.75) is 37.8 Å². The van der Waals surface area contributed by atoms with Crippen molar-refractivity contribution in [2.24, 2.45) is 7.05 Å². The van der Waals surface area contributed by atoms with Gasteiger partial charge in [-0.2, -0.15) is 21.6 Å². The van der Waals surface area contributed by atoms with Gasteiger partial charge in [0.25, 0.3) is 11.1 Å². The van der Waals surface area contributed by atoms with Gasteiger partial charge in [-0.3, -0.25) is 18.7 Å². The molecule has 3 aromatic rings. The summed E-state index contributed by atoms with van der Waals surface area (Å²) < 4.78 is 95.4. The van der Waals surface area contributed by atoms with Gasteiger partial charge < -0.3 is 13.7 Å². The van der Waals surface area contributed by atoms with Gasteiger partial charge in [0.05, 0.1) is 18.8 Å². The Hall–Kier alpha value is -2.77. The molecule has 38 heavy (non-hydrogen) atoms. The number of benzene rings is 1. The third-order valence-electron chi connectivity index (χ3n) is 5.55. The zero-order valence-corrected chi connectivity index (χ0v) is 22.7. The van der Waals surface area contributed by atoms with Crippen LogP contribution in [0.25, 0.3) is 16.7 Å². The van der Waals surface area contributed by atoms with Gasteiger partial charge in [-0.25, -0.2) is 13.8 Å². The molecule has 1 unspecified atom stereocenters. The van der Waals surface area contributed by atoms with Crippen molar-refractivity contribution in [3.05, 3.63) is 64.8 Å². The molecule has 0 bridgehead atoms. The minimum atomic E-state index is -6.34. The molecule has 1 aromatic carbocycles. The standard InChI is InChI=1S/C21H18F4IN3O8S/c1-20(2)35-9-11(36-20)8-28-18(31)16-14(37-38(33,34)21(23,24)25)7-15(30)27(3)17(16)29(19(28)32)13-5-4-10(26)6-12(13)22/h4-7,11H,8-9H2,1-3H3. The SMILES string of the molecule is Cn1c(=O)cc(OS(=O)(=O)C(F)(F)F)c2c(=O)n(CC3COC(C)(C)O3)c(=O)n(-c3ccc(I)cc3F)c21. The number of nitrogens with zero attached hydrogens (tertiary/aromatic N) is 3. The molecule has 17 heteroatoms. The zero-order valence-electron chi connectivity index (χ0n) is 19.7. The van der Waals surface area contributed by atoms with Crippen LogP contribution < -0.4 is 21.0 Å². The van der Waals surface area contributed by atoms with E-state index in [-0.39, 0.29) is 6.61 Å². The molecule has 0 N–H and O–H groups in total. The Bertz CT molecular complexity index is 1740. The quantitative estimate of drug-likeness (QED) is 0.174. The van der Waals surface area contributed by atoms with E-state index in [4.69, 9.17) is 9.47 Å². The van der Waals surface area contributed by atoms with Crippen LogP contribution in [0.3, 0.4) is 0 Å². The Morgan fingerprint density at radius 1 is 1.18 bits per heavy atom. The Kier molecular flexibility index (Phi) is 7.03. The molecule has 0 amide bonds. The number of fused-ring (bicyclic) bond motifs is 1. The van der Waals surface area contributed by atoms with E-state index in [2.05, 4.69) is 4.18 Å². The van der Waals surface area contributed by atoms with Gasteiger partial charge in [-0.05, 0) is 54.6 Å². The third kappa shape index (κ3) is 4.98. The predicted molar refractivity (Wildman–Crippen MR) is 132 cm³/mol. The highest BCUT2D eigenvalue weighted by atomic mass is 127. The van der Waals surface area contributed by atoms with Crippen molar-refractivity contribution in [1.29, 1.82) is 0 Å². The van der Waals surface area contributed by atoms with Crippen LogP contribution >= 0.6 is 22.6 Å². The van der Waals surface area contributed by atoms with E-state index < -0.39 is 79.2 Å². The predicted octanol–water partition coefficient (Wildman–Crippen LogP) is 1.97. The largest absolute Gasteiger partial charge is 0.534 e. The van der Waals surface area contributed by atoms with Gasteiger partial charge in [-0.1, -0.05) is 0 Å². The molecule has 0 saturated carbocycles. The first-order chi connectivity index (χ1) is 17.4. The van der Waals surface area contributed by atoms with E-state index in [1.54, 1.807) is 36.4 Å². The van der Waals surface area contributed by atoms with Gasteiger partial charge in [0.2, 0.25) is 0 Å². The summed E-state index contributed by atoms with van der Waals surface area (Å²) in [6.45, 7) is 2.56. The highest BCUT2D eigenvalue weighted by Crippen LogP contribution is 2.30. The highest BCUT2D eigenvalue weighted by molar-refractivity contribution is 14.1. The van der Waals surface area contributed by atoms with E-state index in [0.29, 0.717) is 23.3 Å². The van der Waals surface area contributed by atoms with Crippen molar-refractivity contribution in [3.8, 4) is 11.4 Å². The van der Waals surface area contributed by atoms with Gasteiger partial charge in [-0.15, -0.1) is 0 Å². The summed E-state index contributed by atoms with van der Waals surface area (Å²) in [5.41, 5.74) is -10.7. The molecule has 3 heterocycles. The van der Waals surface area contributed by atoms with Gasteiger partial charge in [0, 0.05) is 16.7 Å². The molecule has 1 fully saturated rings. The summed E-state index contributed by atoms with van der Waals surface area (Å²) in [4.78, 5) is 39.8. The maximum Gasteiger partial charge on any atom is 0.534 e. The fraction of sp³-hybridized carbons (Fsp3) is 0.381. The molecule has 1 saturated heterocycles. The second kappa shape index (κ2) is 9.45. The Morgan fingerprint density at radius 3 is 2.39 bits per heavy atom. The van der Waals surface area contributed by atoms with Crippen LogP contribution in [0.2, 0.25) is 0 Å². The molecule has 206 valence electrons. The summed E-state index contributed by atoms with van der Waals surface area (Å²) in [5.74, 6) is -3.35. The van der Waals surface area contributed by atoms with Crippen molar-refractivity contribution < 1.29 is 39.6 Å². The molecule has 4 rings (SSSR count). The van der Waals surface area contributed by atoms with Gasteiger partial charge in [0.15, 0.2) is 11.5 Å². The average molecular weight is 675 g/mol. The van der Waals surface area contributed by atoms with Crippen LogP contribution in [0.5, 0.6) is 5.75 Å². The molecule has 1 atom stereocenters. The molecule has 11 nitrogen and oxygen atoms in total. The highest BCUT2D eigenvalue weighted by Gasteiger charge is 2.49. The maximum absolute atomic E-state index is 15.1. The van der Waals surface area contributed by atoms with Crippen molar-refractivity contribution >= 4 is 43.7 Å². The maximum atomic E-state index is 15.1. The third-order valence-corrected chi connectivity index (χ3v) is 7.19. The van der Waals surface area contributed by atoms with E-state index in [1.165, 1.54) is 6.07 Å². The first-order valence-electron chi connectivity index (χ1n) is 10.6. The summed E-state index contributed by atoms with van der Waals surface area (Å²) in [6.07, 6.45) is -0.890. The van der Waals surface area contributed by atoms with Crippen LogP contribution in [0.15, 0.2) is 38.6 Å². The molecule has 0 aliphatic carbocycles. The minimum Gasteiger partial charge on any atom is -0.375 e.